The maximum absolute atomic E-state index is 13.7. The summed E-state index contributed by atoms with van der Waals surface area (Å²) in [5.74, 6) is -4.35. The molecule has 0 spiro atoms. The van der Waals surface area contributed by atoms with Crippen molar-refractivity contribution >= 4 is 46.0 Å². The fraction of sp³-hybridized carbons (Fsp3) is 0. The summed E-state index contributed by atoms with van der Waals surface area (Å²) < 4.78 is 40.4. The molecule has 0 unspecified atom stereocenters. The van der Waals surface area contributed by atoms with Crippen LogP contribution in [0.1, 0.15) is 0 Å². The van der Waals surface area contributed by atoms with Gasteiger partial charge in [-0.15, -0.1) is 0 Å². The van der Waals surface area contributed by atoms with Crippen LogP contribution in [0.25, 0.3) is 0 Å². The van der Waals surface area contributed by atoms with E-state index in [4.69, 9.17) is 23.2 Å². The van der Waals surface area contributed by atoms with Crippen molar-refractivity contribution in [2.45, 2.75) is 0 Å². The summed E-state index contributed by atoms with van der Waals surface area (Å²) in [5, 5.41) is 22.1. The molecule has 2 rings (SSSR count). The number of nitro benzene ring substituents is 2. The van der Waals surface area contributed by atoms with Crippen LogP contribution >= 0.6 is 23.2 Å². The van der Waals surface area contributed by atoms with Crippen LogP contribution in [0.3, 0.4) is 0 Å². The minimum atomic E-state index is -1.47. The Morgan fingerprint density at radius 1 is 0.958 bits per heavy atom. The molecular weight excluding hydrogens is 380 g/mol. The molecule has 1 N–H and O–H groups in total. The maximum Gasteiger partial charge on any atom is 0.311 e. The van der Waals surface area contributed by atoms with Crippen molar-refractivity contribution in [1.29, 1.82) is 0 Å². The number of hydrogen-bond acceptors (Lipinski definition) is 6. The molecule has 0 aliphatic rings. The molecular formula is C11H3Cl2F3N4O4. The number of nitrogens with zero attached hydrogens (tertiary/aromatic N) is 3. The molecule has 1 heterocycles. The summed E-state index contributed by atoms with van der Waals surface area (Å²) in [6.07, 6.45) is 0. The number of benzene rings is 1. The number of anilines is 2. The summed E-state index contributed by atoms with van der Waals surface area (Å²) in [6, 6.07) is 0.743. The Bertz CT molecular complexity index is 855. The average Bonchev–Trinajstić information content (AvgIpc) is 2.49. The lowest BCUT2D eigenvalue weighted by Gasteiger charge is -2.11. The fourth-order valence-corrected chi connectivity index (χ4v) is 2.09. The summed E-state index contributed by atoms with van der Waals surface area (Å²) >= 11 is 11.1. The molecule has 24 heavy (non-hydrogen) atoms. The minimum Gasteiger partial charge on any atom is -0.347 e. The first kappa shape index (κ1) is 17.7. The Balaban J connectivity index is 2.65. The van der Waals surface area contributed by atoms with E-state index in [9.17, 15) is 33.4 Å². The Labute approximate surface area is 140 Å². The third-order valence-electron chi connectivity index (χ3n) is 2.72. The van der Waals surface area contributed by atoms with E-state index in [1.807, 2.05) is 0 Å². The second-order valence-corrected chi connectivity index (χ2v) is 4.91. The number of halogens is 5. The van der Waals surface area contributed by atoms with Gasteiger partial charge < -0.3 is 5.32 Å². The van der Waals surface area contributed by atoms with Gasteiger partial charge in [0.1, 0.15) is 15.7 Å². The highest BCUT2D eigenvalue weighted by Crippen LogP contribution is 2.39. The zero-order valence-electron chi connectivity index (χ0n) is 11.0. The lowest BCUT2D eigenvalue weighted by molar-refractivity contribution is -0.395. The molecule has 126 valence electrons. The molecule has 0 saturated carbocycles. The van der Waals surface area contributed by atoms with E-state index < -0.39 is 60.4 Å². The van der Waals surface area contributed by atoms with Gasteiger partial charge in [0.15, 0.2) is 0 Å². The fourth-order valence-electron chi connectivity index (χ4n) is 1.67. The molecule has 0 amide bonds. The quantitative estimate of drug-likeness (QED) is 0.477. The number of pyridine rings is 1. The summed E-state index contributed by atoms with van der Waals surface area (Å²) in [7, 11) is 0. The SMILES string of the molecule is O=[N+]([O-])c1cc([N+](=O)[O-])c(Nc2c(Cl)c(F)nc(F)c2Cl)cc1F. The Hall–Kier alpha value is -2.66. The van der Waals surface area contributed by atoms with Gasteiger partial charge in [-0.2, -0.15) is 18.2 Å². The van der Waals surface area contributed by atoms with E-state index in [1.54, 1.807) is 0 Å². The molecule has 0 aliphatic heterocycles. The van der Waals surface area contributed by atoms with Crippen molar-refractivity contribution in [3.05, 3.63) is 60.1 Å². The molecule has 0 fully saturated rings. The summed E-state index contributed by atoms with van der Waals surface area (Å²) in [6.45, 7) is 0. The third kappa shape index (κ3) is 3.16. The largest absolute Gasteiger partial charge is 0.347 e. The van der Waals surface area contributed by atoms with Crippen LogP contribution in [0.15, 0.2) is 12.1 Å². The topological polar surface area (TPSA) is 111 Å². The van der Waals surface area contributed by atoms with Crippen molar-refractivity contribution in [2.24, 2.45) is 0 Å². The molecule has 1 aromatic carbocycles. The van der Waals surface area contributed by atoms with Crippen molar-refractivity contribution in [1.82, 2.24) is 4.98 Å². The van der Waals surface area contributed by atoms with E-state index in [-0.39, 0.29) is 0 Å². The third-order valence-corrected chi connectivity index (χ3v) is 3.41. The average molecular weight is 383 g/mol. The maximum atomic E-state index is 13.7. The van der Waals surface area contributed by atoms with Crippen LogP contribution in [0.4, 0.5) is 35.9 Å². The number of rotatable bonds is 4. The van der Waals surface area contributed by atoms with E-state index in [0.717, 1.165) is 0 Å². The van der Waals surface area contributed by atoms with Gasteiger partial charge in [-0.1, -0.05) is 23.2 Å². The predicted molar refractivity (Wildman–Crippen MR) is 77.2 cm³/mol. The molecule has 0 radical (unpaired) electrons. The van der Waals surface area contributed by atoms with Gasteiger partial charge in [0.2, 0.25) is 17.7 Å². The standard InChI is InChI=1S/C11H3Cl2F3N4O4/c12-7-9(8(13)11(16)18-10(7)15)17-4-1-3(14)5(19(21)22)2-6(4)20(23)24/h1-2H,(H,17,18). The van der Waals surface area contributed by atoms with Crippen LogP contribution in [0.5, 0.6) is 0 Å². The molecule has 0 saturated heterocycles. The molecule has 0 atom stereocenters. The normalized spacial score (nSPS) is 10.5. The van der Waals surface area contributed by atoms with Crippen molar-refractivity contribution < 1.29 is 23.0 Å². The summed E-state index contributed by atoms with van der Waals surface area (Å²) in [5.41, 5.74) is -3.40. The van der Waals surface area contributed by atoms with Crippen molar-refractivity contribution in [3.63, 3.8) is 0 Å². The highest BCUT2D eigenvalue weighted by molar-refractivity contribution is 6.39. The van der Waals surface area contributed by atoms with E-state index in [1.165, 1.54) is 0 Å². The lowest BCUT2D eigenvalue weighted by Crippen LogP contribution is -2.04. The van der Waals surface area contributed by atoms with Gasteiger partial charge in [-0.3, -0.25) is 20.2 Å². The first-order valence-corrected chi connectivity index (χ1v) is 6.48. The number of nitrogens with one attached hydrogen (secondary N) is 1. The van der Waals surface area contributed by atoms with Crippen LogP contribution in [0, 0.1) is 37.9 Å². The Morgan fingerprint density at radius 2 is 1.46 bits per heavy atom. The van der Waals surface area contributed by atoms with E-state index in [2.05, 4.69) is 10.3 Å². The molecule has 8 nitrogen and oxygen atoms in total. The van der Waals surface area contributed by atoms with Gasteiger partial charge in [0, 0.05) is 6.07 Å². The van der Waals surface area contributed by atoms with Crippen LogP contribution < -0.4 is 5.32 Å². The van der Waals surface area contributed by atoms with Crippen molar-refractivity contribution in [2.75, 3.05) is 5.32 Å². The number of aromatic nitrogens is 1. The zero-order chi connectivity index (χ0) is 18.2. The van der Waals surface area contributed by atoms with Crippen LogP contribution in [0.2, 0.25) is 10.0 Å². The molecule has 13 heteroatoms. The summed E-state index contributed by atoms with van der Waals surface area (Å²) in [4.78, 5) is 22.2. The van der Waals surface area contributed by atoms with Gasteiger partial charge in [-0.25, -0.2) is 0 Å². The molecule has 0 bridgehead atoms. The van der Waals surface area contributed by atoms with Gasteiger partial charge >= 0.3 is 5.69 Å². The van der Waals surface area contributed by atoms with Crippen LogP contribution in [-0.2, 0) is 0 Å². The minimum absolute atomic E-state index is 0.341. The smallest absolute Gasteiger partial charge is 0.311 e. The van der Waals surface area contributed by atoms with Gasteiger partial charge in [0.25, 0.3) is 5.69 Å². The predicted octanol–water partition coefficient (Wildman–Crippen LogP) is 4.37. The molecule has 1 aromatic heterocycles. The monoisotopic (exact) mass is 382 g/mol. The first-order chi connectivity index (χ1) is 11.1. The van der Waals surface area contributed by atoms with Crippen LogP contribution in [-0.4, -0.2) is 14.8 Å². The highest BCUT2D eigenvalue weighted by Gasteiger charge is 2.27. The van der Waals surface area contributed by atoms with Gasteiger partial charge in [0.05, 0.1) is 21.6 Å². The second kappa shape index (κ2) is 6.45. The van der Waals surface area contributed by atoms with Gasteiger partial charge in [-0.05, 0) is 0 Å². The lowest BCUT2D eigenvalue weighted by atomic mass is 10.2. The molecule has 2 aromatic rings. The second-order valence-electron chi connectivity index (χ2n) is 4.16. The number of nitro groups is 2. The van der Waals surface area contributed by atoms with E-state index in [0.29, 0.717) is 12.1 Å². The van der Waals surface area contributed by atoms with E-state index >= 15 is 0 Å². The highest BCUT2D eigenvalue weighted by atomic mass is 35.5. The first-order valence-electron chi connectivity index (χ1n) is 5.72. The Kier molecular flexibility index (Phi) is 4.76. The number of hydrogen-bond donors (Lipinski definition) is 1. The zero-order valence-corrected chi connectivity index (χ0v) is 12.5. The van der Waals surface area contributed by atoms with Crippen molar-refractivity contribution in [3.8, 4) is 0 Å². The Morgan fingerprint density at radius 3 is 1.92 bits per heavy atom. The molecule has 0 aliphatic carbocycles.